The lowest BCUT2D eigenvalue weighted by atomic mass is 10.0. The Morgan fingerprint density at radius 2 is 1.90 bits per heavy atom. The predicted octanol–water partition coefficient (Wildman–Crippen LogP) is 3.33. The number of aliphatic hydroxyl groups is 1. The molecule has 0 aliphatic heterocycles. The van der Waals surface area contributed by atoms with Crippen LogP contribution >= 0.6 is 11.6 Å². The minimum absolute atomic E-state index is 0.120. The Balaban J connectivity index is 2.70. The summed E-state index contributed by atoms with van der Waals surface area (Å²) in [4.78, 5) is 0.125. The van der Waals surface area contributed by atoms with Crippen LogP contribution < -0.4 is 4.72 Å². The van der Waals surface area contributed by atoms with Crippen LogP contribution in [0.15, 0.2) is 23.1 Å². The van der Waals surface area contributed by atoms with E-state index in [0.717, 1.165) is 19.3 Å². The molecule has 1 aromatic rings. The van der Waals surface area contributed by atoms with Crippen LogP contribution in [-0.2, 0) is 16.6 Å². The summed E-state index contributed by atoms with van der Waals surface area (Å²) in [7, 11) is -3.57. The molecule has 0 spiro atoms. The molecule has 4 nitrogen and oxygen atoms in total. The van der Waals surface area contributed by atoms with Crippen molar-refractivity contribution in [3.05, 3.63) is 28.8 Å². The quantitative estimate of drug-likeness (QED) is 0.766. The van der Waals surface area contributed by atoms with Crippen LogP contribution in [-0.4, -0.2) is 19.6 Å². The number of sulfonamides is 1. The first-order valence-electron chi connectivity index (χ1n) is 7.18. The van der Waals surface area contributed by atoms with Gasteiger partial charge in [-0.25, -0.2) is 13.1 Å². The van der Waals surface area contributed by atoms with Crippen molar-refractivity contribution in [3.8, 4) is 0 Å². The van der Waals surface area contributed by atoms with Gasteiger partial charge < -0.3 is 5.11 Å². The highest BCUT2D eigenvalue weighted by Gasteiger charge is 2.18. The van der Waals surface area contributed by atoms with Crippen molar-refractivity contribution in [2.75, 3.05) is 0 Å². The molecule has 0 aliphatic carbocycles. The molecule has 0 heterocycles. The van der Waals surface area contributed by atoms with Crippen molar-refractivity contribution >= 4 is 21.6 Å². The lowest BCUT2D eigenvalue weighted by Gasteiger charge is -2.15. The fraction of sp³-hybridized carbons (Fsp3) is 0.600. The first-order chi connectivity index (χ1) is 9.76. The van der Waals surface area contributed by atoms with E-state index in [9.17, 15) is 8.42 Å². The third-order valence-electron chi connectivity index (χ3n) is 3.28. The molecule has 1 atom stereocenters. The van der Waals surface area contributed by atoms with E-state index >= 15 is 0 Å². The predicted molar refractivity (Wildman–Crippen MR) is 85.8 cm³/mol. The minimum Gasteiger partial charge on any atom is -0.392 e. The fourth-order valence-corrected chi connectivity index (χ4v) is 3.66. The topological polar surface area (TPSA) is 66.4 Å². The smallest absolute Gasteiger partial charge is 0.240 e. The van der Waals surface area contributed by atoms with Crippen molar-refractivity contribution < 1.29 is 13.5 Å². The van der Waals surface area contributed by atoms with E-state index in [2.05, 4.69) is 18.6 Å². The Kier molecular flexibility index (Phi) is 7.13. The minimum atomic E-state index is -3.57. The summed E-state index contributed by atoms with van der Waals surface area (Å²) in [5.41, 5.74) is 0.514. The molecular weight excluding hydrogens is 310 g/mol. The second-order valence-electron chi connectivity index (χ2n) is 5.76. The van der Waals surface area contributed by atoms with Gasteiger partial charge in [-0.05, 0) is 37.0 Å². The van der Waals surface area contributed by atoms with Gasteiger partial charge in [0.1, 0.15) is 0 Å². The maximum atomic E-state index is 12.3. The molecule has 0 fully saturated rings. The van der Waals surface area contributed by atoms with Crippen LogP contribution in [0.1, 0.15) is 45.6 Å². The van der Waals surface area contributed by atoms with E-state index in [1.807, 2.05) is 6.92 Å². The highest BCUT2D eigenvalue weighted by atomic mass is 35.5. The zero-order valence-corrected chi connectivity index (χ0v) is 14.3. The molecule has 120 valence electrons. The summed E-state index contributed by atoms with van der Waals surface area (Å²) >= 11 is 5.94. The lowest BCUT2D eigenvalue weighted by molar-refractivity contribution is 0.282. The van der Waals surface area contributed by atoms with Crippen molar-refractivity contribution in [1.82, 2.24) is 4.72 Å². The highest BCUT2D eigenvalue weighted by molar-refractivity contribution is 7.89. The van der Waals surface area contributed by atoms with E-state index in [0.29, 0.717) is 11.5 Å². The first kappa shape index (κ1) is 18.4. The molecule has 0 bridgehead atoms. The van der Waals surface area contributed by atoms with Gasteiger partial charge in [0.25, 0.3) is 0 Å². The van der Waals surface area contributed by atoms with Gasteiger partial charge in [0.2, 0.25) is 10.0 Å². The van der Waals surface area contributed by atoms with Crippen LogP contribution in [0.2, 0.25) is 5.02 Å². The molecule has 1 rings (SSSR count). The van der Waals surface area contributed by atoms with E-state index < -0.39 is 10.0 Å². The lowest BCUT2D eigenvalue weighted by Crippen LogP contribution is -2.32. The molecular formula is C15H24ClNO3S. The van der Waals surface area contributed by atoms with Crippen molar-refractivity contribution in [2.24, 2.45) is 5.92 Å². The SMILES string of the molecule is CC(C)CCCC(C)NS(=O)(=O)c1ccc(CO)c(Cl)c1. The normalized spacial score (nSPS) is 13.6. The number of hydrogen-bond donors (Lipinski definition) is 2. The summed E-state index contributed by atoms with van der Waals surface area (Å²) in [5, 5.41) is 9.31. The number of halogens is 1. The van der Waals surface area contributed by atoms with Gasteiger partial charge in [-0.2, -0.15) is 0 Å². The monoisotopic (exact) mass is 333 g/mol. The molecule has 21 heavy (non-hydrogen) atoms. The standard InChI is InChI=1S/C15H24ClNO3S/c1-11(2)5-4-6-12(3)17-21(19,20)14-8-7-13(10-18)15(16)9-14/h7-9,11-12,17-18H,4-6,10H2,1-3H3. The van der Waals surface area contributed by atoms with Crippen LogP contribution in [0.5, 0.6) is 0 Å². The van der Waals surface area contributed by atoms with Gasteiger partial charge in [0, 0.05) is 11.1 Å². The number of benzene rings is 1. The number of hydrogen-bond acceptors (Lipinski definition) is 3. The van der Waals surface area contributed by atoms with E-state index in [-0.39, 0.29) is 22.6 Å². The Bertz CT molecular complexity index is 558. The summed E-state index contributed by atoms with van der Waals surface area (Å²) in [6.07, 6.45) is 2.88. The molecule has 0 aliphatic rings. The molecule has 0 amide bonds. The van der Waals surface area contributed by atoms with Crippen LogP contribution in [0.4, 0.5) is 0 Å². The van der Waals surface area contributed by atoms with Gasteiger partial charge >= 0.3 is 0 Å². The van der Waals surface area contributed by atoms with Crippen molar-refractivity contribution in [3.63, 3.8) is 0 Å². The van der Waals surface area contributed by atoms with Gasteiger partial charge in [-0.1, -0.05) is 44.4 Å². The average Bonchev–Trinajstić information content (AvgIpc) is 2.37. The Hall–Kier alpha value is -0.620. The van der Waals surface area contributed by atoms with Crippen LogP contribution in [0, 0.1) is 5.92 Å². The molecule has 1 unspecified atom stereocenters. The second kappa shape index (κ2) is 8.13. The van der Waals surface area contributed by atoms with Crippen molar-refractivity contribution in [2.45, 2.75) is 57.6 Å². The van der Waals surface area contributed by atoms with Gasteiger partial charge in [-0.15, -0.1) is 0 Å². The molecule has 2 N–H and O–H groups in total. The van der Waals surface area contributed by atoms with E-state index in [1.54, 1.807) is 0 Å². The van der Waals surface area contributed by atoms with Crippen LogP contribution in [0.3, 0.4) is 0 Å². The molecule has 1 aromatic carbocycles. The highest BCUT2D eigenvalue weighted by Crippen LogP contribution is 2.21. The summed E-state index contributed by atoms with van der Waals surface area (Å²) in [6.45, 7) is 5.96. The molecule has 0 radical (unpaired) electrons. The zero-order chi connectivity index (χ0) is 16.0. The third kappa shape index (κ3) is 5.94. The van der Waals surface area contributed by atoms with Gasteiger partial charge in [0.15, 0.2) is 0 Å². The zero-order valence-electron chi connectivity index (χ0n) is 12.8. The third-order valence-corrected chi connectivity index (χ3v) is 5.22. The Labute approximate surface area is 132 Å². The fourth-order valence-electron chi connectivity index (χ4n) is 2.05. The van der Waals surface area contributed by atoms with E-state index in [4.69, 9.17) is 16.7 Å². The van der Waals surface area contributed by atoms with Gasteiger partial charge in [-0.3, -0.25) is 0 Å². The summed E-state index contributed by atoms with van der Waals surface area (Å²) in [5.74, 6) is 0.624. The molecule has 6 heteroatoms. The maximum absolute atomic E-state index is 12.3. The number of nitrogens with one attached hydrogen (secondary N) is 1. The largest absolute Gasteiger partial charge is 0.392 e. The van der Waals surface area contributed by atoms with Crippen LogP contribution in [0.25, 0.3) is 0 Å². The van der Waals surface area contributed by atoms with Crippen molar-refractivity contribution in [1.29, 1.82) is 0 Å². The number of aliphatic hydroxyl groups excluding tert-OH is 1. The molecule has 0 aromatic heterocycles. The number of rotatable bonds is 8. The first-order valence-corrected chi connectivity index (χ1v) is 9.04. The Morgan fingerprint density at radius 3 is 2.43 bits per heavy atom. The summed E-state index contributed by atoms with van der Waals surface area (Å²) < 4.78 is 27.2. The second-order valence-corrected chi connectivity index (χ2v) is 7.88. The average molecular weight is 334 g/mol. The summed E-state index contributed by atoms with van der Waals surface area (Å²) in [6, 6.07) is 4.24. The molecule has 0 saturated heterocycles. The Morgan fingerprint density at radius 1 is 1.24 bits per heavy atom. The van der Waals surface area contributed by atoms with Gasteiger partial charge in [0.05, 0.1) is 11.5 Å². The molecule has 0 saturated carbocycles. The maximum Gasteiger partial charge on any atom is 0.240 e. The van der Waals surface area contributed by atoms with E-state index in [1.165, 1.54) is 18.2 Å².